The maximum absolute atomic E-state index is 11.9. The number of ether oxygens (including phenoxy) is 2. The van der Waals surface area contributed by atoms with Gasteiger partial charge in [-0.3, -0.25) is 9.59 Å². The first-order valence-corrected chi connectivity index (χ1v) is 13.6. The molecule has 198 valence electrons. The fourth-order valence-electron chi connectivity index (χ4n) is 5.35. The largest absolute Gasteiger partial charge is 0.481 e. The maximum atomic E-state index is 11.9. The van der Waals surface area contributed by atoms with Crippen LogP contribution in [0.4, 0.5) is 0 Å². The number of hydrogen-bond acceptors (Lipinski definition) is 4. The van der Waals surface area contributed by atoms with Gasteiger partial charge in [-0.2, -0.15) is 0 Å². The Labute approximate surface area is 207 Å². The van der Waals surface area contributed by atoms with E-state index < -0.39 is 23.3 Å². The first kappa shape index (κ1) is 29.1. The zero-order valence-electron chi connectivity index (χ0n) is 22.3. The Morgan fingerprint density at radius 3 is 1.85 bits per heavy atom. The van der Waals surface area contributed by atoms with Gasteiger partial charge in [0, 0.05) is 0 Å². The van der Waals surface area contributed by atoms with Crippen molar-refractivity contribution >= 4 is 11.9 Å². The molecule has 34 heavy (non-hydrogen) atoms. The lowest BCUT2D eigenvalue weighted by Gasteiger charge is -2.35. The molecule has 2 aliphatic heterocycles. The zero-order chi connectivity index (χ0) is 25.4. The minimum atomic E-state index is -0.731. The van der Waals surface area contributed by atoms with Crippen molar-refractivity contribution in [1.29, 1.82) is 0 Å². The van der Waals surface area contributed by atoms with E-state index in [0.29, 0.717) is 12.8 Å². The summed E-state index contributed by atoms with van der Waals surface area (Å²) in [6.45, 7) is 10.1. The first-order chi connectivity index (χ1) is 15.9. The third-order valence-corrected chi connectivity index (χ3v) is 7.75. The predicted molar refractivity (Wildman–Crippen MR) is 134 cm³/mol. The second-order valence-electron chi connectivity index (χ2n) is 12.6. The van der Waals surface area contributed by atoms with Crippen LogP contribution in [-0.4, -0.2) is 46.6 Å². The summed E-state index contributed by atoms with van der Waals surface area (Å²) in [7, 11) is 0. The summed E-state index contributed by atoms with van der Waals surface area (Å²) in [5.41, 5.74) is -0.537. The molecular formula is C28H50O6. The molecule has 2 fully saturated rings. The van der Waals surface area contributed by atoms with Gasteiger partial charge in [-0.1, -0.05) is 20.8 Å². The summed E-state index contributed by atoms with van der Waals surface area (Å²) in [5.74, 6) is -1.86. The van der Waals surface area contributed by atoms with Crippen molar-refractivity contribution in [2.75, 3.05) is 0 Å². The third-order valence-electron chi connectivity index (χ3n) is 7.75. The highest BCUT2D eigenvalue weighted by molar-refractivity contribution is 5.73. The van der Waals surface area contributed by atoms with Crippen molar-refractivity contribution < 1.29 is 29.3 Å². The van der Waals surface area contributed by atoms with Crippen LogP contribution in [0.2, 0.25) is 0 Å². The van der Waals surface area contributed by atoms with E-state index in [0.717, 1.165) is 70.6 Å². The van der Waals surface area contributed by atoms with Gasteiger partial charge < -0.3 is 19.7 Å². The summed E-state index contributed by atoms with van der Waals surface area (Å²) >= 11 is 0. The maximum Gasteiger partial charge on any atom is 0.309 e. The minimum absolute atomic E-state index is 0.131. The molecule has 0 spiro atoms. The Balaban J connectivity index is 1.71. The Hall–Kier alpha value is -1.14. The first-order valence-electron chi connectivity index (χ1n) is 13.6. The molecule has 0 radical (unpaired) electrons. The van der Waals surface area contributed by atoms with Crippen LogP contribution in [0, 0.1) is 16.7 Å². The van der Waals surface area contributed by atoms with Crippen molar-refractivity contribution in [2.24, 2.45) is 16.7 Å². The Bertz CT molecular complexity index is 637. The molecule has 6 heteroatoms. The van der Waals surface area contributed by atoms with Crippen LogP contribution in [0.5, 0.6) is 0 Å². The summed E-state index contributed by atoms with van der Waals surface area (Å²) in [6, 6.07) is 0. The molecule has 0 aromatic heterocycles. The molecule has 2 rings (SSSR count). The fraction of sp³-hybridized carbons (Fsp3) is 0.929. The van der Waals surface area contributed by atoms with Gasteiger partial charge in [-0.25, -0.2) is 0 Å². The number of carboxylic acids is 2. The average Bonchev–Trinajstić information content (AvgIpc) is 2.73. The van der Waals surface area contributed by atoms with Crippen LogP contribution < -0.4 is 0 Å². The Kier molecular flexibility index (Phi) is 11.3. The van der Waals surface area contributed by atoms with Gasteiger partial charge in [0.2, 0.25) is 0 Å². The molecule has 0 aromatic rings. The summed E-state index contributed by atoms with van der Waals surface area (Å²) in [4.78, 5) is 23.2. The molecule has 5 unspecified atom stereocenters. The lowest BCUT2D eigenvalue weighted by Crippen LogP contribution is -2.37. The third kappa shape index (κ3) is 10.2. The monoisotopic (exact) mass is 482 g/mol. The van der Waals surface area contributed by atoms with Gasteiger partial charge in [0.1, 0.15) is 0 Å². The van der Waals surface area contributed by atoms with Crippen molar-refractivity contribution in [3.05, 3.63) is 0 Å². The molecule has 0 aliphatic carbocycles. The summed E-state index contributed by atoms with van der Waals surface area (Å²) < 4.78 is 12.7. The number of rotatable bonds is 13. The summed E-state index contributed by atoms with van der Waals surface area (Å²) in [5, 5.41) is 19.1. The van der Waals surface area contributed by atoms with E-state index in [1.807, 2.05) is 0 Å². The van der Waals surface area contributed by atoms with Crippen LogP contribution in [0.3, 0.4) is 0 Å². The van der Waals surface area contributed by atoms with Gasteiger partial charge in [-0.15, -0.1) is 0 Å². The topological polar surface area (TPSA) is 93.1 Å². The minimum Gasteiger partial charge on any atom is -0.481 e. The van der Waals surface area contributed by atoms with Crippen LogP contribution in [0.15, 0.2) is 0 Å². The smallest absolute Gasteiger partial charge is 0.309 e. The predicted octanol–water partition coefficient (Wildman–Crippen LogP) is 6.84. The fourth-order valence-corrected chi connectivity index (χ4v) is 5.35. The molecule has 2 heterocycles. The Morgan fingerprint density at radius 2 is 1.32 bits per heavy atom. The van der Waals surface area contributed by atoms with E-state index in [2.05, 4.69) is 20.8 Å². The number of hydrogen-bond donors (Lipinski definition) is 2. The van der Waals surface area contributed by atoms with E-state index in [9.17, 15) is 19.8 Å². The molecule has 0 aromatic carbocycles. The lowest BCUT2D eigenvalue weighted by atomic mass is 9.83. The molecule has 0 saturated carbocycles. The van der Waals surface area contributed by atoms with Crippen molar-refractivity contribution in [3.8, 4) is 0 Å². The molecule has 5 atom stereocenters. The van der Waals surface area contributed by atoms with Gasteiger partial charge in [-0.05, 0) is 109 Å². The molecule has 0 amide bonds. The van der Waals surface area contributed by atoms with Gasteiger partial charge in [0.25, 0.3) is 0 Å². The number of carbonyl (C=O) groups is 2. The lowest BCUT2D eigenvalue weighted by molar-refractivity contribution is -0.154. The van der Waals surface area contributed by atoms with Crippen LogP contribution in [0.1, 0.15) is 125 Å². The SMILES string of the molecule is CC(C)(C)CCC(C(=O)O)C1CCCC(CCCC2CCCC(CCCC(C)(C)C(=O)O)O2)O1. The standard InChI is InChI=1S/C28H50O6/c1-27(2,3)19-17-23(25(29)30)24-16-8-14-22(34-24)13-7-11-20-10-6-12-21(33-20)15-9-18-28(4,5)26(31)32/h20-24H,6-19H2,1-5H3,(H,29,30)(H,31,32). The molecule has 0 bridgehead atoms. The molecule has 6 nitrogen and oxygen atoms in total. The van der Waals surface area contributed by atoms with E-state index in [1.54, 1.807) is 13.8 Å². The van der Waals surface area contributed by atoms with Crippen molar-refractivity contribution in [2.45, 2.75) is 149 Å². The molecule has 2 aliphatic rings. The molecular weight excluding hydrogens is 432 g/mol. The summed E-state index contributed by atoms with van der Waals surface area (Å²) in [6.07, 6.45) is 13.9. The van der Waals surface area contributed by atoms with Crippen molar-refractivity contribution in [1.82, 2.24) is 0 Å². The van der Waals surface area contributed by atoms with Gasteiger partial charge >= 0.3 is 11.9 Å². The van der Waals surface area contributed by atoms with E-state index in [4.69, 9.17) is 9.47 Å². The van der Waals surface area contributed by atoms with Crippen LogP contribution in [0.25, 0.3) is 0 Å². The van der Waals surface area contributed by atoms with Crippen LogP contribution in [-0.2, 0) is 19.1 Å². The molecule has 2 saturated heterocycles. The average molecular weight is 483 g/mol. The second kappa shape index (κ2) is 13.2. The van der Waals surface area contributed by atoms with Gasteiger partial charge in [0.15, 0.2) is 0 Å². The van der Waals surface area contributed by atoms with E-state index in [1.165, 1.54) is 6.42 Å². The van der Waals surface area contributed by atoms with Gasteiger partial charge in [0.05, 0.1) is 35.7 Å². The second-order valence-corrected chi connectivity index (χ2v) is 12.6. The Morgan fingerprint density at radius 1 is 0.794 bits per heavy atom. The highest BCUT2D eigenvalue weighted by Gasteiger charge is 2.34. The quantitative estimate of drug-likeness (QED) is 0.298. The highest BCUT2D eigenvalue weighted by Crippen LogP contribution is 2.33. The van der Waals surface area contributed by atoms with Crippen LogP contribution >= 0.6 is 0 Å². The van der Waals surface area contributed by atoms with E-state index >= 15 is 0 Å². The normalized spacial score (nSPS) is 27.3. The number of aliphatic carboxylic acids is 2. The van der Waals surface area contributed by atoms with E-state index in [-0.39, 0.29) is 29.8 Å². The zero-order valence-corrected chi connectivity index (χ0v) is 22.3. The molecule has 2 N–H and O–H groups in total. The highest BCUT2D eigenvalue weighted by atomic mass is 16.5. The van der Waals surface area contributed by atoms with Crippen molar-refractivity contribution in [3.63, 3.8) is 0 Å². The number of carboxylic acid groups (broad SMARTS) is 2.